The molecule has 1 aliphatic rings. The first kappa shape index (κ1) is 19.9. The summed E-state index contributed by atoms with van der Waals surface area (Å²) in [5, 5.41) is 3.41. The molecule has 1 unspecified atom stereocenters. The van der Waals surface area contributed by atoms with E-state index in [9.17, 15) is 9.59 Å². The molecule has 144 valence electrons. The van der Waals surface area contributed by atoms with Crippen LogP contribution in [0.4, 0.5) is 0 Å². The zero-order valence-corrected chi connectivity index (χ0v) is 17.3. The van der Waals surface area contributed by atoms with Crippen LogP contribution in [0.15, 0.2) is 28.9 Å². The number of hydrogen-bond donors (Lipinski definition) is 1. The lowest BCUT2D eigenvalue weighted by molar-refractivity contribution is -0.149. The number of imidazole rings is 1. The van der Waals surface area contributed by atoms with Crippen LogP contribution in [0.25, 0.3) is 0 Å². The molecule has 0 saturated heterocycles. The molecule has 9 heteroatoms. The number of aromatic nitrogens is 2. The molecule has 0 radical (unpaired) electrons. The quantitative estimate of drug-likeness (QED) is 0.699. The minimum atomic E-state index is -1.34. The van der Waals surface area contributed by atoms with Gasteiger partial charge in [0, 0.05) is 11.6 Å². The highest BCUT2D eigenvalue weighted by molar-refractivity contribution is 9.10. The Hall–Kier alpha value is -1.90. The third-order valence-electron chi connectivity index (χ3n) is 4.64. The molecule has 0 bridgehead atoms. The predicted octanol–water partition coefficient (Wildman–Crippen LogP) is 3.04. The van der Waals surface area contributed by atoms with Crippen molar-refractivity contribution in [1.29, 1.82) is 0 Å². The van der Waals surface area contributed by atoms with Crippen LogP contribution >= 0.6 is 27.5 Å². The van der Waals surface area contributed by atoms with Gasteiger partial charge in [0.25, 0.3) is 5.91 Å². The summed E-state index contributed by atoms with van der Waals surface area (Å²) in [6.07, 6.45) is 0.300. The van der Waals surface area contributed by atoms with Crippen LogP contribution in [0.5, 0.6) is 0 Å². The number of carbonyl (C=O) groups is 2. The SMILES string of the molecule is CCC(NC(=O)c1c(Br)nc2n1CCOC2)(C(=O)OC)c1ccc(Cl)cc1. The summed E-state index contributed by atoms with van der Waals surface area (Å²) < 4.78 is 12.6. The minimum Gasteiger partial charge on any atom is -0.467 e. The molecule has 0 spiro atoms. The normalized spacial score (nSPS) is 15.6. The number of fused-ring (bicyclic) bond motifs is 1. The van der Waals surface area contributed by atoms with Gasteiger partial charge in [-0.2, -0.15) is 0 Å². The molecule has 2 heterocycles. The number of methoxy groups -OCH3 is 1. The van der Waals surface area contributed by atoms with Crippen molar-refractivity contribution in [3.8, 4) is 0 Å². The van der Waals surface area contributed by atoms with Gasteiger partial charge in [0.05, 0.1) is 13.7 Å². The molecule has 7 nitrogen and oxygen atoms in total. The molecular weight excluding hydrogens is 438 g/mol. The van der Waals surface area contributed by atoms with Gasteiger partial charge >= 0.3 is 5.97 Å². The second kappa shape index (κ2) is 8.00. The lowest BCUT2D eigenvalue weighted by Crippen LogP contribution is -2.52. The third kappa shape index (κ3) is 3.61. The fraction of sp³-hybridized carbons (Fsp3) is 0.389. The van der Waals surface area contributed by atoms with Crippen molar-refractivity contribution in [1.82, 2.24) is 14.9 Å². The number of nitrogens with one attached hydrogen (secondary N) is 1. The lowest BCUT2D eigenvalue weighted by atomic mass is 9.87. The van der Waals surface area contributed by atoms with E-state index in [0.717, 1.165) is 0 Å². The molecule has 0 saturated carbocycles. The number of halogens is 2. The van der Waals surface area contributed by atoms with Gasteiger partial charge in [-0.05, 0) is 40.0 Å². The van der Waals surface area contributed by atoms with Gasteiger partial charge < -0.3 is 19.4 Å². The highest BCUT2D eigenvalue weighted by Crippen LogP contribution is 2.30. The fourth-order valence-electron chi connectivity index (χ4n) is 3.19. The van der Waals surface area contributed by atoms with Crippen molar-refractivity contribution in [3.63, 3.8) is 0 Å². The topological polar surface area (TPSA) is 82.5 Å². The molecule has 1 aromatic carbocycles. The molecule has 1 N–H and O–H groups in total. The van der Waals surface area contributed by atoms with Gasteiger partial charge in [-0.15, -0.1) is 0 Å². The molecule has 3 rings (SSSR count). The van der Waals surface area contributed by atoms with Crippen LogP contribution in [0, 0.1) is 0 Å². The van der Waals surface area contributed by atoms with Crippen molar-refractivity contribution in [2.45, 2.75) is 32.0 Å². The first-order chi connectivity index (χ1) is 12.9. The highest BCUT2D eigenvalue weighted by atomic mass is 79.9. The van der Waals surface area contributed by atoms with Crippen LogP contribution in [0.2, 0.25) is 5.02 Å². The Morgan fingerprint density at radius 2 is 2.11 bits per heavy atom. The van der Waals surface area contributed by atoms with Gasteiger partial charge in [-0.25, -0.2) is 9.78 Å². The van der Waals surface area contributed by atoms with Gasteiger partial charge in [-0.3, -0.25) is 4.79 Å². The molecule has 0 aliphatic carbocycles. The largest absolute Gasteiger partial charge is 0.467 e. The number of carbonyl (C=O) groups excluding carboxylic acids is 2. The summed E-state index contributed by atoms with van der Waals surface area (Å²) in [7, 11) is 1.29. The number of amides is 1. The van der Waals surface area contributed by atoms with Crippen molar-refractivity contribution in [2.75, 3.05) is 13.7 Å². The van der Waals surface area contributed by atoms with Crippen molar-refractivity contribution in [3.05, 3.63) is 51.0 Å². The molecule has 2 aromatic rings. The smallest absolute Gasteiger partial charge is 0.336 e. The van der Waals surface area contributed by atoms with E-state index in [-0.39, 0.29) is 0 Å². The van der Waals surface area contributed by atoms with Gasteiger partial charge in [-0.1, -0.05) is 30.7 Å². The second-order valence-electron chi connectivity index (χ2n) is 6.08. The molecule has 1 aliphatic heterocycles. The van der Waals surface area contributed by atoms with E-state index in [1.54, 1.807) is 35.8 Å². The number of rotatable bonds is 5. The Balaban J connectivity index is 2.02. The molecular formula is C18H19BrClN3O4. The average molecular weight is 457 g/mol. The van der Waals surface area contributed by atoms with E-state index in [4.69, 9.17) is 21.1 Å². The Morgan fingerprint density at radius 1 is 1.41 bits per heavy atom. The first-order valence-corrected chi connectivity index (χ1v) is 9.59. The van der Waals surface area contributed by atoms with Gasteiger partial charge in [0.15, 0.2) is 5.54 Å². The van der Waals surface area contributed by atoms with E-state index in [2.05, 4.69) is 26.2 Å². The standard InChI is InChI=1S/C18H19BrClN3O4/c1-3-18(17(25)26-2,11-4-6-12(20)7-5-11)22-16(24)14-15(19)21-13-10-27-9-8-23(13)14/h4-7H,3,8-10H2,1-2H3,(H,22,24). The summed E-state index contributed by atoms with van der Waals surface area (Å²) in [5.41, 5.74) is -0.400. The van der Waals surface area contributed by atoms with Gasteiger partial charge in [0.1, 0.15) is 22.7 Å². The zero-order chi connectivity index (χ0) is 19.6. The first-order valence-electron chi connectivity index (χ1n) is 8.42. The number of hydrogen-bond acceptors (Lipinski definition) is 5. The van der Waals surface area contributed by atoms with E-state index >= 15 is 0 Å². The van der Waals surface area contributed by atoms with E-state index < -0.39 is 17.4 Å². The van der Waals surface area contributed by atoms with Crippen LogP contribution in [-0.4, -0.2) is 35.1 Å². The molecule has 1 amide bonds. The molecule has 0 fully saturated rings. The van der Waals surface area contributed by atoms with Crippen molar-refractivity contribution < 1.29 is 19.1 Å². The van der Waals surface area contributed by atoms with Crippen molar-refractivity contribution >= 4 is 39.4 Å². The average Bonchev–Trinajstić information content (AvgIpc) is 3.02. The maximum Gasteiger partial charge on any atom is 0.336 e. The lowest BCUT2D eigenvalue weighted by Gasteiger charge is -2.31. The van der Waals surface area contributed by atoms with E-state index in [1.165, 1.54) is 7.11 Å². The van der Waals surface area contributed by atoms with Gasteiger partial charge in [0.2, 0.25) is 0 Å². The number of esters is 1. The number of nitrogens with zero attached hydrogens (tertiary/aromatic N) is 2. The van der Waals surface area contributed by atoms with Crippen LogP contribution in [0.1, 0.15) is 35.2 Å². The number of benzene rings is 1. The van der Waals surface area contributed by atoms with Crippen molar-refractivity contribution in [2.24, 2.45) is 0 Å². The number of ether oxygens (including phenoxy) is 2. The third-order valence-corrected chi connectivity index (χ3v) is 5.44. The van der Waals surface area contributed by atoms with E-state index in [1.807, 2.05) is 0 Å². The fourth-order valence-corrected chi connectivity index (χ4v) is 3.92. The second-order valence-corrected chi connectivity index (χ2v) is 7.27. The minimum absolute atomic E-state index is 0.300. The Labute approximate surface area is 170 Å². The van der Waals surface area contributed by atoms with Crippen LogP contribution in [0.3, 0.4) is 0 Å². The maximum atomic E-state index is 13.2. The maximum absolute atomic E-state index is 13.2. The van der Waals surface area contributed by atoms with E-state index in [0.29, 0.717) is 52.9 Å². The highest BCUT2D eigenvalue weighted by Gasteiger charge is 2.42. The summed E-state index contributed by atoms with van der Waals surface area (Å²) >= 11 is 9.32. The molecule has 27 heavy (non-hydrogen) atoms. The monoisotopic (exact) mass is 455 g/mol. The Bertz CT molecular complexity index is 868. The summed E-state index contributed by atoms with van der Waals surface area (Å²) in [6, 6.07) is 6.75. The van der Waals surface area contributed by atoms with Crippen LogP contribution in [-0.2, 0) is 33.0 Å². The zero-order valence-electron chi connectivity index (χ0n) is 14.9. The Morgan fingerprint density at radius 3 is 2.74 bits per heavy atom. The van der Waals surface area contributed by atoms with Crippen LogP contribution < -0.4 is 5.32 Å². The summed E-state index contributed by atoms with van der Waals surface area (Å²) in [5.74, 6) is -0.326. The molecule has 1 aromatic heterocycles. The predicted molar refractivity (Wildman–Crippen MR) is 102 cm³/mol. The molecule has 1 atom stereocenters. The summed E-state index contributed by atoms with van der Waals surface area (Å²) in [6.45, 7) is 3.14. The summed E-state index contributed by atoms with van der Waals surface area (Å²) in [4.78, 5) is 30.2. The Kier molecular flexibility index (Phi) is 5.88.